The third-order valence-electron chi connectivity index (χ3n) is 4.73. The van der Waals surface area contributed by atoms with E-state index in [-0.39, 0.29) is 12.1 Å². The van der Waals surface area contributed by atoms with Crippen molar-refractivity contribution in [3.63, 3.8) is 0 Å². The first-order valence-corrected chi connectivity index (χ1v) is 8.54. The SMILES string of the molecule is CCOC(C(N)Cc1cc(CC)nn1C)C1CCCCC1. The topological polar surface area (TPSA) is 53.1 Å². The molecule has 120 valence electrons. The Bertz CT molecular complexity index is 424. The zero-order valence-electron chi connectivity index (χ0n) is 13.8. The molecule has 2 unspecified atom stereocenters. The van der Waals surface area contributed by atoms with Crippen LogP contribution in [-0.2, 0) is 24.6 Å². The molecule has 0 saturated heterocycles. The van der Waals surface area contributed by atoms with E-state index in [2.05, 4.69) is 25.0 Å². The summed E-state index contributed by atoms with van der Waals surface area (Å²) in [5.41, 5.74) is 8.89. The van der Waals surface area contributed by atoms with Crippen LogP contribution in [0.3, 0.4) is 0 Å². The average Bonchev–Trinajstić information content (AvgIpc) is 2.86. The van der Waals surface area contributed by atoms with Crippen LogP contribution in [0, 0.1) is 5.92 Å². The molecule has 1 aliphatic rings. The zero-order valence-corrected chi connectivity index (χ0v) is 13.8. The molecule has 1 heterocycles. The summed E-state index contributed by atoms with van der Waals surface area (Å²) in [6.45, 7) is 4.96. The van der Waals surface area contributed by atoms with Crippen LogP contribution in [0.2, 0.25) is 0 Å². The van der Waals surface area contributed by atoms with Gasteiger partial charge in [-0.2, -0.15) is 5.10 Å². The lowest BCUT2D eigenvalue weighted by Gasteiger charge is -2.34. The number of aromatic nitrogens is 2. The molecule has 0 aliphatic heterocycles. The molecule has 21 heavy (non-hydrogen) atoms. The number of hydrogen-bond donors (Lipinski definition) is 1. The molecule has 0 spiro atoms. The summed E-state index contributed by atoms with van der Waals surface area (Å²) < 4.78 is 8.01. The molecule has 2 N–H and O–H groups in total. The third kappa shape index (κ3) is 4.30. The second-order valence-corrected chi connectivity index (χ2v) is 6.29. The Morgan fingerprint density at radius 1 is 1.33 bits per heavy atom. The van der Waals surface area contributed by atoms with Crippen LogP contribution in [0.4, 0.5) is 0 Å². The van der Waals surface area contributed by atoms with Crippen molar-refractivity contribution in [3.8, 4) is 0 Å². The molecule has 1 fully saturated rings. The van der Waals surface area contributed by atoms with Crippen molar-refractivity contribution in [1.29, 1.82) is 0 Å². The van der Waals surface area contributed by atoms with E-state index >= 15 is 0 Å². The summed E-state index contributed by atoms with van der Waals surface area (Å²) in [5, 5.41) is 4.52. The van der Waals surface area contributed by atoms with Crippen molar-refractivity contribution < 1.29 is 4.74 Å². The number of nitrogens with zero attached hydrogens (tertiary/aromatic N) is 2. The van der Waals surface area contributed by atoms with Gasteiger partial charge in [0.25, 0.3) is 0 Å². The van der Waals surface area contributed by atoms with Gasteiger partial charge in [-0.1, -0.05) is 26.2 Å². The summed E-state index contributed by atoms with van der Waals surface area (Å²) in [6, 6.07) is 2.25. The zero-order chi connectivity index (χ0) is 15.2. The molecule has 4 heteroatoms. The van der Waals surface area contributed by atoms with Crippen LogP contribution in [-0.4, -0.2) is 28.5 Å². The normalized spacial score (nSPS) is 19.6. The van der Waals surface area contributed by atoms with Crippen molar-refractivity contribution in [2.75, 3.05) is 6.61 Å². The highest BCUT2D eigenvalue weighted by Crippen LogP contribution is 2.30. The first kappa shape index (κ1) is 16.5. The molecule has 0 bridgehead atoms. The number of rotatable bonds is 7. The smallest absolute Gasteiger partial charge is 0.0757 e. The van der Waals surface area contributed by atoms with Crippen molar-refractivity contribution in [3.05, 3.63) is 17.5 Å². The van der Waals surface area contributed by atoms with Crippen LogP contribution >= 0.6 is 0 Å². The van der Waals surface area contributed by atoms with Crippen molar-refractivity contribution in [2.24, 2.45) is 18.7 Å². The van der Waals surface area contributed by atoms with Gasteiger partial charge in [0.2, 0.25) is 0 Å². The summed E-state index contributed by atoms with van der Waals surface area (Å²) in [4.78, 5) is 0. The maximum absolute atomic E-state index is 6.52. The van der Waals surface area contributed by atoms with Gasteiger partial charge in [-0.25, -0.2) is 0 Å². The van der Waals surface area contributed by atoms with Gasteiger partial charge in [0.05, 0.1) is 11.8 Å². The maximum atomic E-state index is 6.52. The van der Waals surface area contributed by atoms with E-state index < -0.39 is 0 Å². The minimum atomic E-state index is 0.0631. The quantitative estimate of drug-likeness (QED) is 0.841. The van der Waals surface area contributed by atoms with E-state index in [1.807, 2.05) is 11.7 Å². The van der Waals surface area contributed by atoms with Gasteiger partial charge in [-0.05, 0) is 38.2 Å². The van der Waals surface area contributed by atoms with Gasteiger partial charge >= 0.3 is 0 Å². The fraction of sp³-hybridized carbons (Fsp3) is 0.824. The van der Waals surface area contributed by atoms with E-state index in [0.29, 0.717) is 5.92 Å². The van der Waals surface area contributed by atoms with Crippen molar-refractivity contribution in [1.82, 2.24) is 9.78 Å². The molecule has 1 saturated carbocycles. The second-order valence-electron chi connectivity index (χ2n) is 6.29. The second kappa shape index (κ2) is 7.95. The lowest BCUT2D eigenvalue weighted by molar-refractivity contribution is -0.00943. The highest BCUT2D eigenvalue weighted by atomic mass is 16.5. The predicted octanol–water partition coefficient (Wildman–Crippen LogP) is 2.84. The van der Waals surface area contributed by atoms with Gasteiger partial charge in [-0.3, -0.25) is 4.68 Å². The van der Waals surface area contributed by atoms with Crippen LogP contribution < -0.4 is 5.73 Å². The van der Waals surface area contributed by atoms with Gasteiger partial charge in [0, 0.05) is 31.8 Å². The van der Waals surface area contributed by atoms with Crippen LogP contribution in [0.1, 0.15) is 57.3 Å². The molecule has 1 aromatic heterocycles. The lowest BCUT2D eigenvalue weighted by atomic mass is 9.81. The van der Waals surface area contributed by atoms with Gasteiger partial charge in [0.15, 0.2) is 0 Å². The first-order valence-electron chi connectivity index (χ1n) is 8.54. The standard InChI is InChI=1S/C17H31N3O/c1-4-14-11-15(20(3)19-14)12-16(18)17(21-5-2)13-9-7-6-8-10-13/h11,13,16-17H,4-10,12,18H2,1-3H3. The summed E-state index contributed by atoms with van der Waals surface area (Å²) in [7, 11) is 2.01. The number of ether oxygens (including phenoxy) is 1. The monoisotopic (exact) mass is 293 g/mol. The Morgan fingerprint density at radius 2 is 2.05 bits per heavy atom. The molecule has 0 radical (unpaired) electrons. The fourth-order valence-electron chi connectivity index (χ4n) is 3.56. The minimum Gasteiger partial charge on any atom is -0.377 e. The van der Waals surface area contributed by atoms with Gasteiger partial charge in [-0.15, -0.1) is 0 Å². The maximum Gasteiger partial charge on any atom is 0.0757 e. The summed E-state index contributed by atoms with van der Waals surface area (Å²) >= 11 is 0. The molecule has 1 aromatic rings. The lowest BCUT2D eigenvalue weighted by Crippen LogP contribution is -2.44. The van der Waals surface area contributed by atoms with E-state index in [1.54, 1.807) is 0 Å². The first-order chi connectivity index (χ1) is 10.2. The minimum absolute atomic E-state index is 0.0631. The van der Waals surface area contributed by atoms with Gasteiger partial charge in [0.1, 0.15) is 0 Å². The highest BCUT2D eigenvalue weighted by Gasteiger charge is 2.29. The Hall–Kier alpha value is -0.870. The molecule has 2 rings (SSSR count). The molecule has 0 amide bonds. The highest BCUT2D eigenvalue weighted by molar-refractivity contribution is 5.12. The molecule has 2 atom stereocenters. The molecule has 1 aliphatic carbocycles. The van der Waals surface area contributed by atoms with E-state index in [1.165, 1.54) is 37.8 Å². The predicted molar refractivity (Wildman–Crippen MR) is 86.3 cm³/mol. The Balaban J connectivity index is 2.02. The van der Waals surface area contributed by atoms with Crippen LogP contribution in [0.15, 0.2) is 6.07 Å². The van der Waals surface area contributed by atoms with Crippen LogP contribution in [0.5, 0.6) is 0 Å². The fourth-order valence-corrected chi connectivity index (χ4v) is 3.56. The van der Waals surface area contributed by atoms with E-state index in [0.717, 1.165) is 25.1 Å². The van der Waals surface area contributed by atoms with Crippen molar-refractivity contribution >= 4 is 0 Å². The Labute approximate surface area is 129 Å². The third-order valence-corrected chi connectivity index (χ3v) is 4.73. The van der Waals surface area contributed by atoms with E-state index in [9.17, 15) is 0 Å². The summed E-state index contributed by atoms with van der Waals surface area (Å²) in [6.07, 6.45) is 8.57. The molecular weight excluding hydrogens is 262 g/mol. The number of aryl methyl sites for hydroxylation is 2. The van der Waals surface area contributed by atoms with Gasteiger partial charge < -0.3 is 10.5 Å². The number of nitrogens with two attached hydrogens (primary N) is 1. The average molecular weight is 293 g/mol. The van der Waals surface area contributed by atoms with Crippen LogP contribution in [0.25, 0.3) is 0 Å². The summed E-state index contributed by atoms with van der Waals surface area (Å²) in [5.74, 6) is 0.632. The van der Waals surface area contributed by atoms with E-state index in [4.69, 9.17) is 10.5 Å². The molecule has 4 nitrogen and oxygen atoms in total. The van der Waals surface area contributed by atoms with Crippen molar-refractivity contribution in [2.45, 2.75) is 70.9 Å². The molecule has 0 aromatic carbocycles. The largest absolute Gasteiger partial charge is 0.377 e. The number of hydrogen-bond acceptors (Lipinski definition) is 3. The molecular formula is C17H31N3O. The Kier molecular flexibility index (Phi) is 6.24. The Morgan fingerprint density at radius 3 is 2.62 bits per heavy atom.